The van der Waals surface area contributed by atoms with Crippen LogP contribution < -0.4 is 5.32 Å². The van der Waals surface area contributed by atoms with Crippen LogP contribution in [0.4, 0.5) is 0 Å². The molecule has 0 bridgehead atoms. The Bertz CT molecular complexity index is 731. The van der Waals surface area contributed by atoms with Gasteiger partial charge in [0.1, 0.15) is 17.6 Å². The number of fused-ring (bicyclic) bond motifs is 1. The molecule has 1 atom stereocenters. The molecule has 2 aromatic heterocycles. The van der Waals surface area contributed by atoms with E-state index in [1.165, 1.54) is 0 Å². The van der Waals surface area contributed by atoms with Crippen molar-refractivity contribution in [1.29, 1.82) is 0 Å². The highest BCUT2D eigenvalue weighted by Gasteiger charge is 2.33. The fourth-order valence-electron chi connectivity index (χ4n) is 2.82. The van der Waals surface area contributed by atoms with Gasteiger partial charge >= 0.3 is 0 Å². The van der Waals surface area contributed by atoms with Crippen LogP contribution in [0.1, 0.15) is 33.6 Å². The molecule has 0 spiro atoms. The zero-order valence-corrected chi connectivity index (χ0v) is 12.8. The van der Waals surface area contributed by atoms with Gasteiger partial charge in [-0.15, -0.1) is 0 Å². The quantitative estimate of drug-likeness (QED) is 0.898. The second-order valence-electron chi connectivity index (χ2n) is 5.41. The lowest BCUT2D eigenvalue weighted by Crippen LogP contribution is -2.46. The topological polar surface area (TPSA) is 80.4 Å². The number of hydrogen-bond acceptors (Lipinski definition) is 4. The van der Waals surface area contributed by atoms with Crippen LogP contribution in [0.25, 0.3) is 0 Å². The van der Waals surface area contributed by atoms with Crippen molar-refractivity contribution in [3.05, 3.63) is 41.1 Å². The number of nitrogens with zero attached hydrogens (tertiary/aromatic N) is 3. The summed E-state index contributed by atoms with van der Waals surface area (Å²) in [5.74, 6) is 1.00. The number of carbonyl (C=O) groups is 2. The molecule has 0 aliphatic carbocycles. The van der Waals surface area contributed by atoms with Gasteiger partial charge in [-0.2, -0.15) is 5.10 Å². The Morgan fingerprint density at radius 3 is 2.82 bits per heavy atom. The maximum Gasteiger partial charge on any atom is 0.257 e. The first kappa shape index (κ1) is 14.4. The molecule has 0 radical (unpaired) electrons. The van der Waals surface area contributed by atoms with Gasteiger partial charge in [-0.1, -0.05) is 0 Å². The molecule has 1 N–H and O–H groups in total. The first-order valence-corrected chi connectivity index (χ1v) is 7.11. The second-order valence-corrected chi connectivity index (χ2v) is 5.41. The van der Waals surface area contributed by atoms with Crippen molar-refractivity contribution in [2.45, 2.75) is 26.4 Å². The van der Waals surface area contributed by atoms with Crippen molar-refractivity contribution in [1.82, 2.24) is 20.0 Å². The average Bonchev–Trinajstić information content (AvgIpc) is 3.10. The molecule has 3 heterocycles. The van der Waals surface area contributed by atoms with Crippen LogP contribution in [-0.4, -0.2) is 40.1 Å². The third-order valence-electron chi connectivity index (χ3n) is 3.90. The normalized spacial score (nSPS) is 17.2. The van der Waals surface area contributed by atoms with Crippen LogP contribution in [0, 0.1) is 13.8 Å². The summed E-state index contributed by atoms with van der Waals surface area (Å²) in [6.07, 6.45) is 1.65. The maximum absolute atomic E-state index is 12.7. The number of likely N-dealkylation sites (N-methyl/N-ethyl adjacent to an activating group) is 1. The van der Waals surface area contributed by atoms with E-state index in [0.717, 1.165) is 5.69 Å². The maximum atomic E-state index is 12.7. The molecule has 116 valence electrons. The number of aromatic nitrogens is 2. The number of aryl methyl sites for hydroxylation is 2. The van der Waals surface area contributed by atoms with Gasteiger partial charge in [0.15, 0.2) is 0 Å². The van der Waals surface area contributed by atoms with Gasteiger partial charge in [0.2, 0.25) is 5.91 Å². The monoisotopic (exact) mass is 302 g/mol. The molecular formula is C15H18N4O3. The molecule has 22 heavy (non-hydrogen) atoms. The summed E-state index contributed by atoms with van der Waals surface area (Å²) in [7, 11) is 1.58. The summed E-state index contributed by atoms with van der Waals surface area (Å²) < 4.78 is 7.11. The number of amides is 2. The Hall–Kier alpha value is -2.57. The highest BCUT2D eigenvalue weighted by Crippen LogP contribution is 2.24. The Morgan fingerprint density at radius 2 is 2.18 bits per heavy atom. The molecule has 0 saturated carbocycles. The van der Waals surface area contributed by atoms with Gasteiger partial charge in [-0.3, -0.25) is 14.3 Å². The van der Waals surface area contributed by atoms with Gasteiger partial charge < -0.3 is 14.6 Å². The lowest BCUT2D eigenvalue weighted by atomic mass is 10.1. The van der Waals surface area contributed by atoms with E-state index < -0.39 is 6.04 Å². The van der Waals surface area contributed by atoms with Crippen LogP contribution >= 0.6 is 0 Å². The summed E-state index contributed by atoms with van der Waals surface area (Å²) >= 11 is 0. The lowest BCUT2D eigenvalue weighted by molar-refractivity contribution is -0.125. The molecule has 1 aliphatic heterocycles. The Balaban J connectivity index is 1.92. The Kier molecular flexibility index (Phi) is 3.48. The van der Waals surface area contributed by atoms with Crippen LogP contribution in [0.15, 0.2) is 22.7 Å². The van der Waals surface area contributed by atoms with Crippen molar-refractivity contribution < 1.29 is 14.0 Å². The number of furan rings is 1. The minimum absolute atomic E-state index is 0.129. The first-order chi connectivity index (χ1) is 10.5. The number of rotatable bonds is 2. The van der Waals surface area contributed by atoms with E-state index in [1.54, 1.807) is 35.8 Å². The summed E-state index contributed by atoms with van der Waals surface area (Å²) in [6.45, 7) is 4.29. The number of hydrogen-bond donors (Lipinski definition) is 1. The standard InChI is InChI=1S/C15H18N4O3/c1-9-6-12(10(2)22-9)15(21)18-7-11-4-5-17-19(11)13(8-18)14(20)16-3/h4-6,13H,7-8H2,1-3H3,(H,16,20)/t13-/m0/s1. The largest absolute Gasteiger partial charge is 0.466 e. The van der Waals surface area contributed by atoms with Crippen LogP contribution in [0.2, 0.25) is 0 Å². The third-order valence-corrected chi connectivity index (χ3v) is 3.90. The van der Waals surface area contributed by atoms with Gasteiger partial charge in [0.25, 0.3) is 5.91 Å². The van der Waals surface area contributed by atoms with Crippen LogP contribution in [-0.2, 0) is 11.3 Å². The molecule has 3 rings (SSSR count). The fourth-order valence-corrected chi connectivity index (χ4v) is 2.82. The van der Waals surface area contributed by atoms with Crippen LogP contribution in [0.5, 0.6) is 0 Å². The predicted octanol–water partition coefficient (Wildman–Crippen LogP) is 1.04. The number of carbonyl (C=O) groups excluding carboxylic acids is 2. The molecular weight excluding hydrogens is 284 g/mol. The van der Waals surface area contributed by atoms with Crippen LogP contribution in [0.3, 0.4) is 0 Å². The van der Waals surface area contributed by atoms with Gasteiger partial charge in [0.05, 0.1) is 24.3 Å². The summed E-state index contributed by atoms with van der Waals surface area (Å²) in [5, 5.41) is 6.82. The molecule has 2 amide bonds. The smallest absolute Gasteiger partial charge is 0.257 e. The van der Waals surface area contributed by atoms with E-state index in [0.29, 0.717) is 23.6 Å². The lowest BCUT2D eigenvalue weighted by Gasteiger charge is -2.32. The van der Waals surface area contributed by atoms with E-state index in [9.17, 15) is 9.59 Å². The molecule has 0 fully saturated rings. The molecule has 0 saturated heterocycles. The third kappa shape index (κ3) is 2.28. The van der Waals surface area contributed by atoms with Gasteiger partial charge in [0, 0.05) is 13.2 Å². The van der Waals surface area contributed by atoms with Crippen molar-refractivity contribution in [3.8, 4) is 0 Å². The minimum Gasteiger partial charge on any atom is -0.466 e. The average molecular weight is 302 g/mol. The summed E-state index contributed by atoms with van der Waals surface area (Å²) in [6, 6.07) is 3.04. The van der Waals surface area contributed by atoms with Gasteiger partial charge in [-0.25, -0.2) is 0 Å². The fraction of sp³-hybridized carbons (Fsp3) is 0.400. The van der Waals surface area contributed by atoms with Crippen molar-refractivity contribution in [2.75, 3.05) is 13.6 Å². The van der Waals surface area contributed by atoms with Crippen molar-refractivity contribution in [2.24, 2.45) is 0 Å². The molecule has 7 heteroatoms. The van der Waals surface area contributed by atoms with E-state index in [1.807, 2.05) is 13.0 Å². The van der Waals surface area contributed by atoms with E-state index in [4.69, 9.17) is 4.42 Å². The predicted molar refractivity (Wildman–Crippen MR) is 78.3 cm³/mol. The van der Waals surface area contributed by atoms with E-state index in [-0.39, 0.29) is 18.4 Å². The Morgan fingerprint density at radius 1 is 1.41 bits per heavy atom. The Labute approximate surface area is 127 Å². The summed E-state index contributed by atoms with van der Waals surface area (Å²) in [4.78, 5) is 26.5. The second kappa shape index (κ2) is 5.32. The zero-order valence-electron chi connectivity index (χ0n) is 12.8. The zero-order chi connectivity index (χ0) is 15.9. The first-order valence-electron chi connectivity index (χ1n) is 7.11. The number of nitrogens with one attached hydrogen (secondary N) is 1. The molecule has 7 nitrogen and oxygen atoms in total. The molecule has 0 unspecified atom stereocenters. The molecule has 2 aromatic rings. The molecule has 1 aliphatic rings. The SMILES string of the molecule is CNC(=O)[C@@H]1CN(C(=O)c2cc(C)oc2C)Cc2ccnn21. The highest BCUT2D eigenvalue weighted by atomic mass is 16.3. The molecule has 0 aromatic carbocycles. The summed E-state index contributed by atoms with van der Waals surface area (Å²) in [5.41, 5.74) is 1.38. The van der Waals surface area contributed by atoms with Crippen molar-refractivity contribution >= 4 is 11.8 Å². The minimum atomic E-state index is -0.513. The van der Waals surface area contributed by atoms with E-state index in [2.05, 4.69) is 10.4 Å². The van der Waals surface area contributed by atoms with Gasteiger partial charge in [-0.05, 0) is 26.0 Å². The van der Waals surface area contributed by atoms with Crippen molar-refractivity contribution in [3.63, 3.8) is 0 Å². The van der Waals surface area contributed by atoms with E-state index >= 15 is 0 Å². The highest BCUT2D eigenvalue weighted by molar-refractivity contribution is 5.95.